The zero-order valence-corrected chi connectivity index (χ0v) is 14.6. The van der Waals surface area contributed by atoms with E-state index in [0.29, 0.717) is 15.4 Å². The van der Waals surface area contributed by atoms with Gasteiger partial charge in [-0.3, -0.25) is 9.59 Å². The van der Waals surface area contributed by atoms with E-state index in [4.69, 9.17) is 0 Å². The molecule has 8 heteroatoms. The number of benzene rings is 1. The Morgan fingerprint density at radius 3 is 2.32 bits per heavy atom. The van der Waals surface area contributed by atoms with Crippen LogP contribution in [0.2, 0.25) is 0 Å². The summed E-state index contributed by atoms with van der Waals surface area (Å²) in [5.74, 6) is -0.418. The molecule has 2 heterocycles. The zero-order valence-electron chi connectivity index (χ0n) is 13.8. The SMILES string of the molecule is CC(C)NC(=O)c1ccc(C(=O)Nc2ccc(-n3cncn3)cc2)s1. The molecule has 25 heavy (non-hydrogen) atoms. The van der Waals surface area contributed by atoms with Gasteiger partial charge in [-0.15, -0.1) is 11.3 Å². The van der Waals surface area contributed by atoms with Crippen LogP contribution in [0.1, 0.15) is 33.2 Å². The third-order valence-corrected chi connectivity index (χ3v) is 4.36. The van der Waals surface area contributed by atoms with E-state index in [1.807, 2.05) is 26.0 Å². The van der Waals surface area contributed by atoms with E-state index in [0.717, 1.165) is 5.69 Å². The summed E-state index contributed by atoms with van der Waals surface area (Å²) in [6, 6.07) is 10.6. The summed E-state index contributed by atoms with van der Waals surface area (Å²) in [6.07, 6.45) is 3.06. The summed E-state index contributed by atoms with van der Waals surface area (Å²) in [5, 5.41) is 9.67. The van der Waals surface area contributed by atoms with Crippen molar-refractivity contribution in [2.24, 2.45) is 0 Å². The standard InChI is InChI=1S/C17H17N5O2S/c1-11(2)20-16(23)14-7-8-15(25-14)17(24)21-12-3-5-13(6-4-12)22-10-18-9-19-22/h3-11H,1-2H3,(H,20,23)(H,21,24). The van der Waals surface area contributed by atoms with Crippen molar-refractivity contribution in [2.75, 3.05) is 5.32 Å². The van der Waals surface area contributed by atoms with Gasteiger partial charge in [-0.1, -0.05) is 0 Å². The lowest BCUT2D eigenvalue weighted by Gasteiger charge is -2.06. The van der Waals surface area contributed by atoms with Crippen molar-refractivity contribution in [2.45, 2.75) is 19.9 Å². The highest BCUT2D eigenvalue weighted by Crippen LogP contribution is 2.19. The molecule has 3 aromatic rings. The van der Waals surface area contributed by atoms with Crippen LogP contribution in [-0.4, -0.2) is 32.6 Å². The first-order valence-electron chi connectivity index (χ1n) is 7.70. The van der Waals surface area contributed by atoms with Gasteiger partial charge in [-0.05, 0) is 50.2 Å². The maximum atomic E-state index is 12.3. The summed E-state index contributed by atoms with van der Waals surface area (Å²) in [4.78, 5) is 29.2. The monoisotopic (exact) mass is 355 g/mol. The fourth-order valence-electron chi connectivity index (χ4n) is 2.15. The van der Waals surface area contributed by atoms with E-state index < -0.39 is 0 Å². The number of carbonyl (C=O) groups is 2. The van der Waals surface area contributed by atoms with Gasteiger partial charge >= 0.3 is 0 Å². The van der Waals surface area contributed by atoms with Crippen molar-refractivity contribution in [3.8, 4) is 5.69 Å². The molecule has 128 valence electrons. The first kappa shape index (κ1) is 16.8. The number of nitrogens with zero attached hydrogens (tertiary/aromatic N) is 3. The number of thiophene rings is 1. The number of hydrogen-bond donors (Lipinski definition) is 2. The summed E-state index contributed by atoms with van der Waals surface area (Å²) < 4.78 is 1.63. The number of aromatic nitrogens is 3. The Labute approximate surface area is 148 Å². The highest BCUT2D eigenvalue weighted by molar-refractivity contribution is 7.16. The van der Waals surface area contributed by atoms with Crippen molar-refractivity contribution < 1.29 is 9.59 Å². The van der Waals surface area contributed by atoms with Gasteiger partial charge in [0, 0.05) is 11.7 Å². The van der Waals surface area contributed by atoms with Crippen molar-refractivity contribution in [3.05, 3.63) is 58.8 Å². The fraction of sp³-hybridized carbons (Fsp3) is 0.176. The number of amides is 2. The average Bonchev–Trinajstić information content (AvgIpc) is 3.27. The third-order valence-electron chi connectivity index (χ3n) is 3.28. The van der Waals surface area contributed by atoms with Gasteiger partial charge in [0.05, 0.1) is 15.4 Å². The molecule has 0 radical (unpaired) electrons. The van der Waals surface area contributed by atoms with E-state index in [-0.39, 0.29) is 17.9 Å². The highest BCUT2D eigenvalue weighted by Gasteiger charge is 2.14. The second-order valence-electron chi connectivity index (χ2n) is 5.63. The first-order valence-corrected chi connectivity index (χ1v) is 8.51. The quantitative estimate of drug-likeness (QED) is 0.736. The molecule has 2 N–H and O–H groups in total. The van der Waals surface area contributed by atoms with E-state index in [1.165, 1.54) is 17.7 Å². The minimum Gasteiger partial charge on any atom is -0.349 e. The number of nitrogens with one attached hydrogen (secondary N) is 2. The Morgan fingerprint density at radius 2 is 1.72 bits per heavy atom. The van der Waals surface area contributed by atoms with E-state index in [1.54, 1.807) is 35.3 Å². The van der Waals surface area contributed by atoms with E-state index in [2.05, 4.69) is 20.7 Å². The van der Waals surface area contributed by atoms with Crippen molar-refractivity contribution in [3.63, 3.8) is 0 Å². The molecule has 3 rings (SSSR count). The highest BCUT2D eigenvalue weighted by atomic mass is 32.1. The van der Waals surface area contributed by atoms with Gasteiger partial charge < -0.3 is 10.6 Å². The summed E-state index contributed by atoms with van der Waals surface area (Å²) in [7, 11) is 0. The van der Waals surface area contributed by atoms with Crippen molar-refractivity contribution in [1.29, 1.82) is 0 Å². The number of rotatable bonds is 5. The number of carbonyl (C=O) groups excluding carboxylic acids is 2. The minimum atomic E-state index is -0.248. The van der Waals surface area contributed by atoms with Gasteiger partial charge in [0.15, 0.2) is 0 Å². The third kappa shape index (κ3) is 4.10. The molecular formula is C17H17N5O2S. The predicted molar refractivity (Wildman–Crippen MR) is 96.2 cm³/mol. The molecule has 0 aliphatic heterocycles. The molecule has 0 aliphatic carbocycles. The van der Waals surface area contributed by atoms with Crippen LogP contribution in [0.5, 0.6) is 0 Å². The second kappa shape index (κ2) is 7.27. The molecule has 0 unspecified atom stereocenters. The van der Waals surface area contributed by atoms with Crippen LogP contribution in [0.25, 0.3) is 5.69 Å². The fourth-order valence-corrected chi connectivity index (χ4v) is 2.95. The van der Waals surface area contributed by atoms with Crippen LogP contribution in [0.4, 0.5) is 5.69 Å². The number of hydrogen-bond acceptors (Lipinski definition) is 5. The molecule has 0 bridgehead atoms. The van der Waals surface area contributed by atoms with Crippen LogP contribution in [0.3, 0.4) is 0 Å². The normalized spacial score (nSPS) is 10.7. The molecule has 0 saturated carbocycles. The Hall–Kier alpha value is -3.00. The van der Waals surface area contributed by atoms with Crippen LogP contribution < -0.4 is 10.6 Å². The Morgan fingerprint density at radius 1 is 1.04 bits per heavy atom. The van der Waals surface area contributed by atoms with Crippen LogP contribution in [0, 0.1) is 0 Å². The molecule has 0 saturated heterocycles. The van der Waals surface area contributed by atoms with Crippen molar-refractivity contribution >= 4 is 28.8 Å². The van der Waals surface area contributed by atoms with Crippen molar-refractivity contribution in [1.82, 2.24) is 20.1 Å². The number of anilines is 1. The Kier molecular flexibility index (Phi) is 4.90. The van der Waals surface area contributed by atoms with Crippen LogP contribution >= 0.6 is 11.3 Å². The summed E-state index contributed by atoms with van der Waals surface area (Å²) in [6.45, 7) is 3.78. The van der Waals surface area contributed by atoms with Crippen LogP contribution in [-0.2, 0) is 0 Å². The zero-order chi connectivity index (χ0) is 17.8. The minimum absolute atomic E-state index is 0.0513. The Bertz CT molecular complexity index is 869. The molecule has 7 nitrogen and oxygen atoms in total. The lowest BCUT2D eigenvalue weighted by Crippen LogP contribution is -2.29. The molecule has 0 aliphatic rings. The molecule has 2 amide bonds. The molecule has 0 spiro atoms. The molecule has 1 aromatic carbocycles. The van der Waals surface area contributed by atoms with Gasteiger partial charge in [-0.2, -0.15) is 5.10 Å². The summed E-state index contributed by atoms with van der Waals surface area (Å²) >= 11 is 1.17. The first-order chi connectivity index (χ1) is 12.0. The molecule has 0 fully saturated rings. The smallest absolute Gasteiger partial charge is 0.265 e. The van der Waals surface area contributed by atoms with Gasteiger partial charge in [-0.25, -0.2) is 9.67 Å². The lowest BCUT2D eigenvalue weighted by molar-refractivity contribution is 0.0946. The van der Waals surface area contributed by atoms with E-state index >= 15 is 0 Å². The average molecular weight is 355 g/mol. The second-order valence-corrected chi connectivity index (χ2v) is 6.72. The molecular weight excluding hydrogens is 338 g/mol. The molecule has 0 atom stereocenters. The van der Waals surface area contributed by atoms with Gasteiger partial charge in [0.2, 0.25) is 0 Å². The topological polar surface area (TPSA) is 88.9 Å². The maximum absolute atomic E-state index is 12.3. The summed E-state index contributed by atoms with van der Waals surface area (Å²) in [5.41, 5.74) is 1.51. The van der Waals surface area contributed by atoms with E-state index in [9.17, 15) is 9.59 Å². The largest absolute Gasteiger partial charge is 0.349 e. The van der Waals surface area contributed by atoms with Gasteiger partial charge in [0.25, 0.3) is 11.8 Å². The predicted octanol–water partition coefficient (Wildman–Crippen LogP) is 2.72. The Balaban J connectivity index is 1.66. The van der Waals surface area contributed by atoms with Gasteiger partial charge in [0.1, 0.15) is 12.7 Å². The molecule has 2 aromatic heterocycles. The lowest BCUT2D eigenvalue weighted by atomic mass is 10.2. The van der Waals surface area contributed by atoms with Crippen LogP contribution in [0.15, 0.2) is 49.1 Å². The maximum Gasteiger partial charge on any atom is 0.265 e.